The van der Waals surface area contributed by atoms with Crippen LogP contribution in [0.15, 0.2) is 41.2 Å². The van der Waals surface area contributed by atoms with E-state index in [1.807, 2.05) is 0 Å². The summed E-state index contributed by atoms with van der Waals surface area (Å²) < 4.78 is 14.4. The first kappa shape index (κ1) is 19.7. The molecule has 0 aliphatic carbocycles. The van der Waals surface area contributed by atoms with E-state index in [-0.39, 0.29) is 29.1 Å². The first-order chi connectivity index (χ1) is 13.4. The first-order valence-electron chi connectivity index (χ1n) is 9.35. The van der Waals surface area contributed by atoms with Crippen molar-refractivity contribution in [2.45, 2.75) is 32.2 Å². The van der Waals surface area contributed by atoms with Gasteiger partial charge in [-0.05, 0) is 49.6 Å². The molecular weight excluding hydrogens is 363 g/mol. The third-order valence-electron chi connectivity index (χ3n) is 5.02. The maximum Gasteiger partial charge on any atom is 0.266 e. The lowest BCUT2D eigenvalue weighted by atomic mass is 9.96. The summed E-state index contributed by atoms with van der Waals surface area (Å²) >= 11 is 0. The summed E-state index contributed by atoms with van der Waals surface area (Å²) in [5, 5.41) is 4.32. The van der Waals surface area contributed by atoms with E-state index in [0.717, 1.165) is 0 Å². The van der Waals surface area contributed by atoms with E-state index in [4.69, 9.17) is 5.73 Å². The van der Waals surface area contributed by atoms with Crippen molar-refractivity contribution >= 4 is 11.8 Å². The van der Waals surface area contributed by atoms with Gasteiger partial charge in [0.15, 0.2) is 0 Å². The molecule has 8 heteroatoms. The zero-order valence-electron chi connectivity index (χ0n) is 15.5. The van der Waals surface area contributed by atoms with Crippen LogP contribution in [-0.2, 0) is 16.1 Å². The molecular formula is C20H23FN4O3. The molecule has 2 amide bonds. The second kappa shape index (κ2) is 8.77. The number of likely N-dealkylation sites (tertiary alicyclic amines) is 1. The van der Waals surface area contributed by atoms with Crippen molar-refractivity contribution in [1.82, 2.24) is 14.7 Å². The number of carbonyl (C=O) groups excluding carboxylic acids is 2. The molecule has 1 aromatic heterocycles. The Morgan fingerprint density at radius 2 is 1.79 bits per heavy atom. The van der Waals surface area contributed by atoms with Gasteiger partial charge in [-0.3, -0.25) is 14.4 Å². The molecule has 1 saturated heterocycles. The summed E-state index contributed by atoms with van der Waals surface area (Å²) in [5.41, 5.74) is 6.34. The highest BCUT2D eigenvalue weighted by atomic mass is 19.1. The second-order valence-electron chi connectivity index (χ2n) is 6.95. The minimum atomic E-state index is -0.338. The fourth-order valence-electron chi connectivity index (χ4n) is 3.34. The summed E-state index contributed by atoms with van der Waals surface area (Å²) in [6.45, 7) is 1.38. The van der Waals surface area contributed by atoms with Crippen LogP contribution in [0.5, 0.6) is 0 Å². The minimum absolute atomic E-state index is 0.00524. The molecule has 2 aromatic rings. The third-order valence-corrected chi connectivity index (χ3v) is 5.02. The fraction of sp³-hybridized carbons (Fsp3) is 0.400. The number of piperidine rings is 1. The lowest BCUT2D eigenvalue weighted by Crippen LogP contribution is -2.41. The van der Waals surface area contributed by atoms with Crippen molar-refractivity contribution in [3.8, 4) is 11.3 Å². The molecule has 0 bridgehead atoms. The van der Waals surface area contributed by atoms with E-state index >= 15 is 0 Å². The molecule has 2 N–H and O–H groups in total. The Hall–Kier alpha value is -3.03. The van der Waals surface area contributed by atoms with E-state index in [0.29, 0.717) is 56.6 Å². The number of nitrogens with two attached hydrogens (primary N) is 1. The predicted octanol–water partition coefficient (Wildman–Crippen LogP) is 1.55. The van der Waals surface area contributed by atoms with Crippen LogP contribution in [-0.4, -0.2) is 39.6 Å². The van der Waals surface area contributed by atoms with Gasteiger partial charge in [-0.25, -0.2) is 9.07 Å². The molecule has 0 atom stereocenters. The molecule has 28 heavy (non-hydrogen) atoms. The summed E-state index contributed by atoms with van der Waals surface area (Å²) in [6.07, 6.45) is 1.98. The summed E-state index contributed by atoms with van der Waals surface area (Å²) in [7, 11) is 0. The Morgan fingerprint density at radius 3 is 2.43 bits per heavy atom. The highest BCUT2D eigenvalue weighted by molar-refractivity contribution is 5.78. The SMILES string of the molecule is NC(=O)C1CCN(C(=O)CCCn2nc(-c3ccc(F)cc3)ccc2=O)CC1. The van der Waals surface area contributed by atoms with Gasteiger partial charge in [0.05, 0.1) is 5.69 Å². The van der Waals surface area contributed by atoms with Crippen LogP contribution < -0.4 is 11.3 Å². The predicted molar refractivity (Wildman–Crippen MR) is 102 cm³/mol. The highest BCUT2D eigenvalue weighted by Gasteiger charge is 2.25. The Morgan fingerprint density at radius 1 is 1.11 bits per heavy atom. The largest absolute Gasteiger partial charge is 0.369 e. The van der Waals surface area contributed by atoms with Gasteiger partial charge in [0, 0.05) is 43.6 Å². The lowest BCUT2D eigenvalue weighted by molar-refractivity contribution is -0.135. The standard InChI is InChI=1S/C20H23FN4O3/c21-16-5-3-14(4-6-16)17-7-8-19(27)25(23-17)11-1-2-18(26)24-12-9-15(10-13-24)20(22)28/h3-8,15H,1-2,9-13H2,(H2,22,28). The van der Waals surface area contributed by atoms with Crippen LogP contribution in [0.2, 0.25) is 0 Å². The number of primary amides is 1. The molecule has 3 rings (SSSR count). The molecule has 1 aromatic carbocycles. The van der Waals surface area contributed by atoms with Gasteiger partial charge in [-0.1, -0.05) is 0 Å². The molecule has 0 unspecified atom stereocenters. The minimum Gasteiger partial charge on any atom is -0.369 e. The zero-order valence-corrected chi connectivity index (χ0v) is 15.5. The van der Waals surface area contributed by atoms with Gasteiger partial charge in [0.25, 0.3) is 5.56 Å². The van der Waals surface area contributed by atoms with Gasteiger partial charge in [0.1, 0.15) is 5.82 Å². The molecule has 7 nitrogen and oxygen atoms in total. The number of amides is 2. The quantitative estimate of drug-likeness (QED) is 0.814. The molecule has 0 spiro atoms. The van der Waals surface area contributed by atoms with Crippen molar-refractivity contribution in [1.29, 1.82) is 0 Å². The topological polar surface area (TPSA) is 98.3 Å². The summed E-state index contributed by atoms with van der Waals surface area (Å²) in [6, 6.07) is 8.90. The number of aromatic nitrogens is 2. The number of rotatable bonds is 6. The average Bonchev–Trinajstić information content (AvgIpc) is 2.70. The third kappa shape index (κ3) is 4.82. The summed E-state index contributed by atoms with van der Waals surface area (Å²) in [5.74, 6) is -0.791. The number of hydrogen-bond acceptors (Lipinski definition) is 4. The molecule has 1 fully saturated rings. The lowest BCUT2D eigenvalue weighted by Gasteiger charge is -2.30. The van der Waals surface area contributed by atoms with Crippen LogP contribution in [0.25, 0.3) is 11.3 Å². The van der Waals surface area contributed by atoms with Crippen molar-refractivity contribution in [2.75, 3.05) is 13.1 Å². The number of aryl methyl sites for hydroxylation is 1. The monoisotopic (exact) mass is 386 g/mol. The smallest absolute Gasteiger partial charge is 0.266 e. The number of halogens is 1. The van der Waals surface area contributed by atoms with Crippen LogP contribution in [0.4, 0.5) is 4.39 Å². The van der Waals surface area contributed by atoms with Crippen LogP contribution in [0.3, 0.4) is 0 Å². The van der Waals surface area contributed by atoms with Gasteiger partial charge < -0.3 is 10.6 Å². The maximum absolute atomic E-state index is 13.1. The molecule has 0 radical (unpaired) electrons. The van der Waals surface area contributed by atoms with Gasteiger partial charge >= 0.3 is 0 Å². The molecule has 2 heterocycles. The number of nitrogens with zero attached hydrogens (tertiary/aromatic N) is 3. The zero-order chi connectivity index (χ0) is 20.1. The molecule has 1 aliphatic heterocycles. The van der Waals surface area contributed by atoms with Crippen molar-refractivity contribution in [2.24, 2.45) is 11.7 Å². The van der Waals surface area contributed by atoms with Crippen molar-refractivity contribution in [3.05, 3.63) is 52.6 Å². The Kier molecular flexibility index (Phi) is 6.18. The van der Waals surface area contributed by atoms with Crippen molar-refractivity contribution in [3.63, 3.8) is 0 Å². The Labute approximate surface area is 161 Å². The van der Waals surface area contributed by atoms with Crippen molar-refractivity contribution < 1.29 is 14.0 Å². The number of hydrogen-bond donors (Lipinski definition) is 1. The van der Waals surface area contributed by atoms with Gasteiger partial charge in [0.2, 0.25) is 11.8 Å². The van der Waals surface area contributed by atoms with Gasteiger partial charge in [-0.15, -0.1) is 0 Å². The Bertz CT molecular complexity index is 902. The van der Waals surface area contributed by atoms with Crippen LogP contribution >= 0.6 is 0 Å². The molecule has 0 saturated carbocycles. The van der Waals surface area contributed by atoms with E-state index in [1.54, 1.807) is 23.1 Å². The molecule has 148 valence electrons. The second-order valence-corrected chi connectivity index (χ2v) is 6.95. The first-order valence-corrected chi connectivity index (χ1v) is 9.35. The average molecular weight is 386 g/mol. The fourth-order valence-corrected chi connectivity index (χ4v) is 3.34. The van der Waals surface area contributed by atoms with E-state index in [9.17, 15) is 18.8 Å². The number of benzene rings is 1. The number of carbonyl (C=O) groups is 2. The van der Waals surface area contributed by atoms with E-state index in [2.05, 4.69) is 5.10 Å². The summed E-state index contributed by atoms with van der Waals surface area (Å²) in [4.78, 5) is 37.3. The Balaban J connectivity index is 1.55. The van der Waals surface area contributed by atoms with E-state index < -0.39 is 0 Å². The normalized spacial score (nSPS) is 14.8. The van der Waals surface area contributed by atoms with Crippen LogP contribution in [0, 0.1) is 11.7 Å². The molecule has 1 aliphatic rings. The highest BCUT2D eigenvalue weighted by Crippen LogP contribution is 2.18. The van der Waals surface area contributed by atoms with Gasteiger partial charge in [-0.2, -0.15) is 5.10 Å². The van der Waals surface area contributed by atoms with E-state index in [1.165, 1.54) is 22.9 Å². The van der Waals surface area contributed by atoms with Crippen LogP contribution in [0.1, 0.15) is 25.7 Å². The maximum atomic E-state index is 13.1.